The van der Waals surface area contributed by atoms with Crippen molar-refractivity contribution < 1.29 is 19.5 Å². The number of nitrogens with zero attached hydrogens (tertiary/aromatic N) is 2. The molecule has 0 aliphatic heterocycles. The van der Waals surface area contributed by atoms with Crippen LogP contribution in [0.2, 0.25) is 0 Å². The van der Waals surface area contributed by atoms with Crippen LogP contribution in [0.5, 0.6) is 0 Å². The standard InChI is InChI=1S/C19H22N6O4/c1-12-2-3-13(8-16(12)23-11-24-20)19(29)22-10-17(26)25-15-6-7-21-9-14(15)4-5-18(27)28/h2-3,6-9,11H,4-5,10,20H2,1H3,(H,22,29)(H,23,24)(H,27,28)(H,21,25,26). The van der Waals surface area contributed by atoms with Crippen LogP contribution < -0.4 is 21.9 Å². The SMILES string of the molecule is Cc1ccc(C(=O)NCC(=O)Nc2ccncc2CCC(=O)O)cc1N=CNN. The number of aryl methyl sites for hydroxylation is 2. The van der Waals surface area contributed by atoms with E-state index < -0.39 is 17.8 Å². The average Bonchev–Trinajstić information content (AvgIpc) is 2.70. The maximum Gasteiger partial charge on any atom is 0.303 e. The summed E-state index contributed by atoms with van der Waals surface area (Å²) in [6.07, 6.45) is 4.44. The van der Waals surface area contributed by atoms with Gasteiger partial charge in [-0.1, -0.05) is 6.07 Å². The number of carbonyl (C=O) groups excluding carboxylic acids is 2. The minimum atomic E-state index is -0.942. The van der Waals surface area contributed by atoms with Crippen molar-refractivity contribution in [3.8, 4) is 0 Å². The summed E-state index contributed by atoms with van der Waals surface area (Å²) in [7, 11) is 0. The molecular weight excluding hydrogens is 376 g/mol. The Morgan fingerprint density at radius 3 is 2.79 bits per heavy atom. The van der Waals surface area contributed by atoms with Crippen LogP contribution in [0.3, 0.4) is 0 Å². The molecule has 2 aromatic rings. The molecule has 0 aliphatic carbocycles. The van der Waals surface area contributed by atoms with Crippen LogP contribution in [0, 0.1) is 6.92 Å². The second-order valence-electron chi connectivity index (χ2n) is 6.08. The van der Waals surface area contributed by atoms with E-state index in [4.69, 9.17) is 10.9 Å². The average molecular weight is 398 g/mol. The molecule has 152 valence electrons. The molecule has 0 fully saturated rings. The minimum absolute atomic E-state index is 0.0801. The number of hydrogen-bond donors (Lipinski definition) is 5. The van der Waals surface area contributed by atoms with Gasteiger partial charge in [-0.15, -0.1) is 0 Å². The van der Waals surface area contributed by atoms with E-state index in [1.807, 2.05) is 6.92 Å². The second kappa shape index (κ2) is 10.5. The van der Waals surface area contributed by atoms with Gasteiger partial charge in [-0.3, -0.25) is 19.4 Å². The number of pyridine rings is 1. The molecule has 0 bridgehead atoms. The maximum atomic E-state index is 12.3. The molecule has 0 saturated heterocycles. The van der Waals surface area contributed by atoms with Crippen LogP contribution in [0.15, 0.2) is 41.7 Å². The van der Waals surface area contributed by atoms with Gasteiger partial charge in [0.05, 0.1) is 12.2 Å². The van der Waals surface area contributed by atoms with Gasteiger partial charge in [-0.2, -0.15) is 0 Å². The minimum Gasteiger partial charge on any atom is -0.481 e. The summed E-state index contributed by atoms with van der Waals surface area (Å²) in [5.41, 5.74) is 5.13. The molecule has 1 heterocycles. The Morgan fingerprint density at radius 2 is 2.07 bits per heavy atom. The molecule has 2 amide bonds. The fourth-order valence-corrected chi connectivity index (χ4v) is 2.44. The van der Waals surface area contributed by atoms with Crippen molar-refractivity contribution in [2.24, 2.45) is 10.8 Å². The Hall–Kier alpha value is -3.79. The van der Waals surface area contributed by atoms with E-state index in [9.17, 15) is 14.4 Å². The zero-order valence-electron chi connectivity index (χ0n) is 15.8. The number of aromatic nitrogens is 1. The van der Waals surface area contributed by atoms with E-state index in [2.05, 4.69) is 26.0 Å². The van der Waals surface area contributed by atoms with Gasteiger partial charge in [0.1, 0.15) is 6.34 Å². The zero-order chi connectivity index (χ0) is 21.2. The molecule has 0 atom stereocenters. The molecule has 6 N–H and O–H groups in total. The molecule has 0 saturated carbocycles. The van der Waals surface area contributed by atoms with Crippen LogP contribution in [0.25, 0.3) is 0 Å². The lowest BCUT2D eigenvalue weighted by molar-refractivity contribution is -0.137. The number of carbonyl (C=O) groups is 3. The predicted octanol–water partition coefficient (Wildman–Crippen LogP) is 0.899. The van der Waals surface area contributed by atoms with E-state index in [0.29, 0.717) is 22.5 Å². The maximum absolute atomic E-state index is 12.3. The van der Waals surface area contributed by atoms with Crippen LogP contribution >= 0.6 is 0 Å². The zero-order valence-corrected chi connectivity index (χ0v) is 15.8. The fraction of sp³-hybridized carbons (Fsp3) is 0.211. The molecule has 10 heteroatoms. The van der Waals surface area contributed by atoms with E-state index in [-0.39, 0.29) is 19.4 Å². The van der Waals surface area contributed by atoms with Gasteiger partial charge in [0.15, 0.2) is 0 Å². The summed E-state index contributed by atoms with van der Waals surface area (Å²) in [4.78, 5) is 43.3. The van der Waals surface area contributed by atoms with Crippen molar-refractivity contribution in [2.45, 2.75) is 19.8 Å². The monoisotopic (exact) mass is 398 g/mol. The third kappa shape index (κ3) is 6.70. The van der Waals surface area contributed by atoms with E-state index in [0.717, 1.165) is 5.56 Å². The first-order chi connectivity index (χ1) is 13.9. The normalized spacial score (nSPS) is 10.6. The van der Waals surface area contributed by atoms with Gasteiger partial charge in [0.2, 0.25) is 5.91 Å². The number of aliphatic imine (C=N–C) groups is 1. The van der Waals surface area contributed by atoms with E-state index >= 15 is 0 Å². The summed E-state index contributed by atoms with van der Waals surface area (Å²) in [6.45, 7) is 1.59. The first kappa shape index (κ1) is 21.5. The third-order valence-corrected chi connectivity index (χ3v) is 3.94. The molecule has 0 aliphatic rings. The first-order valence-corrected chi connectivity index (χ1v) is 8.72. The van der Waals surface area contributed by atoms with Crippen LogP contribution in [0.4, 0.5) is 11.4 Å². The van der Waals surface area contributed by atoms with Crippen molar-refractivity contribution in [1.82, 2.24) is 15.7 Å². The molecule has 0 radical (unpaired) electrons. The lowest BCUT2D eigenvalue weighted by atomic mass is 10.1. The van der Waals surface area contributed by atoms with Gasteiger partial charge >= 0.3 is 5.97 Å². The van der Waals surface area contributed by atoms with E-state index in [1.54, 1.807) is 24.3 Å². The number of anilines is 1. The first-order valence-electron chi connectivity index (χ1n) is 8.72. The van der Waals surface area contributed by atoms with Gasteiger partial charge in [0, 0.05) is 30.1 Å². The summed E-state index contributed by atoms with van der Waals surface area (Å²) in [5, 5.41) is 14.0. The molecule has 10 nitrogen and oxygen atoms in total. The molecule has 1 aromatic carbocycles. The molecule has 29 heavy (non-hydrogen) atoms. The third-order valence-electron chi connectivity index (χ3n) is 3.94. The second-order valence-corrected chi connectivity index (χ2v) is 6.08. The number of aliphatic carboxylic acids is 1. The number of amides is 2. The van der Waals surface area contributed by atoms with Gasteiger partial charge < -0.3 is 21.2 Å². The van der Waals surface area contributed by atoms with Gasteiger partial charge in [-0.25, -0.2) is 10.8 Å². The molecule has 1 aromatic heterocycles. The lowest BCUT2D eigenvalue weighted by Gasteiger charge is -2.11. The van der Waals surface area contributed by atoms with E-state index in [1.165, 1.54) is 18.7 Å². The predicted molar refractivity (Wildman–Crippen MR) is 108 cm³/mol. The summed E-state index contributed by atoms with van der Waals surface area (Å²) in [6, 6.07) is 6.53. The number of benzene rings is 1. The van der Waals surface area contributed by atoms with Crippen molar-refractivity contribution in [1.29, 1.82) is 0 Å². The topological polar surface area (TPSA) is 159 Å². The molecule has 0 spiro atoms. The number of carboxylic acid groups (broad SMARTS) is 1. The van der Waals surface area contributed by atoms with Crippen molar-refractivity contribution in [2.75, 3.05) is 11.9 Å². The number of nitrogens with one attached hydrogen (secondary N) is 3. The quantitative estimate of drug-likeness (QED) is 0.182. The fourth-order valence-electron chi connectivity index (χ4n) is 2.44. The Morgan fingerprint density at radius 1 is 1.28 bits per heavy atom. The summed E-state index contributed by atoms with van der Waals surface area (Å²) in [5.74, 6) is 3.34. The van der Waals surface area contributed by atoms with Crippen molar-refractivity contribution in [3.63, 3.8) is 0 Å². The highest BCUT2D eigenvalue weighted by molar-refractivity contribution is 6.00. The van der Waals surface area contributed by atoms with Crippen LogP contribution in [-0.4, -0.2) is 40.8 Å². The largest absolute Gasteiger partial charge is 0.481 e. The van der Waals surface area contributed by atoms with Gasteiger partial charge in [-0.05, 0) is 42.7 Å². The highest BCUT2D eigenvalue weighted by atomic mass is 16.4. The number of carboxylic acids is 1. The van der Waals surface area contributed by atoms with Gasteiger partial charge in [0.25, 0.3) is 5.91 Å². The molecule has 0 unspecified atom stereocenters. The highest BCUT2D eigenvalue weighted by Gasteiger charge is 2.12. The summed E-state index contributed by atoms with van der Waals surface area (Å²) < 4.78 is 0. The number of hydrogen-bond acceptors (Lipinski definition) is 6. The van der Waals surface area contributed by atoms with Crippen LogP contribution in [0.1, 0.15) is 27.9 Å². The Labute approximate surface area is 167 Å². The molecular formula is C19H22N6O4. The van der Waals surface area contributed by atoms with Crippen LogP contribution in [-0.2, 0) is 16.0 Å². The lowest BCUT2D eigenvalue weighted by Crippen LogP contribution is -2.33. The Bertz CT molecular complexity index is 929. The number of hydrazine groups is 1. The van der Waals surface area contributed by atoms with Crippen molar-refractivity contribution >= 4 is 35.5 Å². The van der Waals surface area contributed by atoms with Crippen molar-refractivity contribution in [3.05, 3.63) is 53.3 Å². The number of rotatable bonds is 9. The Kier molecular flexibility index (Phi) is 7.80. The summed E-state index contributed by atoms with van der Waals surface area (Å²) >= 11 is 0. The smallest absolute Gasteiger partial charge is 0.303 e. The Balaban J connectivity index is 1.97. The number of nitrogens with two attached hydrogens (primary N) is 1. The molecule has 2 rings (SSSR count). The highest BCUT2D eigenvalue weighted by Crippen LogP contribution is 2.19.